The van der Waals surface area contributed by atoms with Crippen LogP contribution < -0.4 is 10.6 Å². The molecule has 2 aliphatic rings. The van der Waals surface area contributed by atoms with Crippen molar-refractivity contribution in [1.82, 2.24) is 10.2 Å². The summed E-state index contributed by atoms with van der Waals surface area (Å²) < 4.78 is 48.0. The summed E-state index contributed by atoms with van der Waals surface area (Å²) in [6, 6.07) is 4.83. The molecular weight excluding hydrogens is 428 g/mol. The van der Waals surface area contributed by atoms with E-state index in [-0.39, 0.29) is 30.3 Å². The SMILES string of the molecule is O=C(CN1CCC(NC(=O)C2CCCCC2)CC1)Nc1ccc(S(=O)(=O)C(F)F)cc1. The van der Waals surface area contributed by atoms with E-state index in [9.17, 15) is 26.8 Å². The molecule has 1 aliphatic carbocycles. The standard InChI is InChI=1S/C21H29F2N3O4S/c22-21(23)31(29,30)18-8-6-16(7-9-18)24-19(27)14-26-12-10-17(11-13-26)25-20(28)15-4-2-1-3-5-15/h6-9,15,17,21H,1-5,10-14H2,(H,24,27)(H,25,28). The van der Waals surface area contributed by atoms with Gasteiger partial charge < -0.3 is 10.6 Å². The second-order valence-corrected chi connectivity index (χ2v) is 10.2. The lowest BCUT2D eigenvalue weighted by Gasteiger charge is -2.33. The molecule has 1 aromatic rings. The highest BCUT2D eigenvalue weighted by Crippen LogP contribution is 2.24. The van der Waals surface area contributed by atoms with Gasteiger partial charge in [-0.2, -0.15) is 8.78 Å². The van der Waals surface area contributed by atoms with E-state index >= 15 is 0 Å². The molecule has 2 fully saturated rings. The van der Waals surface area contributed by atoms with E-state index in [0.717, 1.165) is 50.7 Å². The number of nitrogens with zero attached hydrogens (tertiary/aromatic N) is 1. The Morgan fingerprint density at radius 2 is 1.61 bits per heavy atom. The minimum atomic E-state index is -4.65. The molecule has 0 bridgehead atoms. The average Bonchev–Trinajstić information content (AvgIpc) is 2.76. The van der Waals surface area contributed by atoms with E-state index in [1.54, 1.807) is 0 Å². The Morgan fingerprint density at radius 1 is 1.00 bits per heavy atom. The third-order valence-electron chi connectivity index (χ3n) is 5.98. The van der Waals surface area contributed by atoms with E-state index in [0.29, 0.717) is 18.8 Å². The summed E-state index contributed by atoms with van der Waals surface area (Å²) in [6.45, 7) is 1.55. The summed E-state index contributed by atoms with van der Waals surface area (Å²) in [5.74, 6) is -3.45. The number of rotatable bonds is 7. The lowest BCUT2D eigenvalue weighted by atomic mass is 9.88. The fourth-order valence-electron chi connectivity index (χ4n) is 4.15. The molecule has 1 saturated heterocycles. The van der Waals surface area contributed by atoms with Gasteiger partial charge in [-0.1, -0.05) is 19.3 Å². The number of halogens is 2. The van der Waals surface area contributed by atoms with Crippen LogP contribution in [0, 0.1) is 5.92 Å². The van der Waals surface area contributed by atoms with Crippen LogP contribution in [0.25, 0.3) is 0 Å². The van der Waals surface area contributed by atoms with Crippen LogP contribution in [0.3, 0.4) is 0 Å². The molecule has 0 spiro atoms. The normalized spacial score (nSPS) is 19.3. The summed E-state index contributed by atoms with van der Waals surface area (Å²) in [5.41, 5.74) is 0.341. The molecule has 1 saturated carbocycles. The highest BCUT2D eigenvalue weighted by molar-refractivity contribution is 7.91. The Labute approximate surface area is 181 Å². The predicted molar refractivity (Wildman–Crippen MR) is 112 cm³/mol. The maximum absolute atomic E-state index is 12.6. The number of anilines is 1. The molecule has 1 aliphatic heterocycles. The number of carbonyl (C=O) groups excluding carboxylic acids is 2. The fraction of sp³-hybridized carbons (Fsp3) is 0.619. The molecule has 0 radical (unpaired) electrons. The van der Waals surface area contributed by atoms with E-state index < -0.39 is 20.5 Å². The lowest BCUT2D eigenvalue weighted by molar-refractivity contribution is -0.127. The third kappa shape index (κ3) is 6.46. The van der Waals surface area contributed by atoms with Crippen LogP contribution in [0.15, 0.2) is 29.2 Å². The number of nitrogens with one attached hydrogen (secondary N) is 2. The molecule has 0 aromatic heterocycles. The second kappa shape index (κ2) is 10.5. The van der Waals surface area contributed by atoms with Crippen LogP contribution in [0.5, 0.6) is 0 Å². The number of amides is 2. The Morgan fingerprint density at radius 3 is 2.19 bits per heavy atom. The number of sulfone groups is 1. The van der Waals surface area contributed by atoms with Crippen LogP contribution in [0.1, 0.15) is 44.9 Å². The highest BCUT2D eigenvalue weighted by atomic mass is 32.2. The van der Waals surface area contributed by atoms with Crippen LogP contribution in [0.4, 0.5) is 14.5 Å². The molecule has 0 atom stereocenters. The zero-order valence-electron chi connectivity index (χ0n) is 17.4. The molecule has 2 amide bonds. The van der Waals surface area contributed by atoms with Crippen LogP contribution >= 0.6 is 0 Å². The number of hydrogen-bond donors (Lipinski definition) is 2. The number of likely N-dealkylation sites (tertiary alicyclic amines) is 1. The van der Waals surface area contributed by atoms with Crippen molar-refractivity contribution in [1.29, 1.82) is 0 Å². The zero-order valence-corrected chi connectivity index (χ0v) is 18.2. The maximum atomic E-state index is 12.6. The Balaban J connectivity index is 1.41. The minimum Gasteiger partial charge on any atom is -0.353 e. The van der Waals surface area contributed by atoms with Crippen molar-refractivity contribution in [3.05, 3.63) is 24.3 Å². The van der Waals surface area contributed by atoms with Gasteiger partial charge in [0.1, 0.15) is 0 Å². The third-order valence-corrected chi connectivity index (χ3v) is 7.38. The Kier molecular flexibility index (Phi) is 7.99. The van der Waals surface area contributed by atoms with Gasteiger partial charge in [-0.05, 0) is 49.9 Å². The van der Waals surface area contributed by atoms with Crippen molar-refractivity contribution in [3.63, 3.8) is 0 Å². The molecule has 31 heavy (non-hydrogen) atoms. The molecule has 2 N–H and O–H groups in total. The average molecular weight is 458 g/mol. The van der Waals surface area contributed by atoms with E-state index in [2.05, 4.69) is 10.6 Å². The van der Waals surface area contributed by atoms with Gasteiger partial charge in [0.25, 0.3) is 0 Å². The summed E-state index contributed by atoms with van der Waals surface area (Å²) in [5, 5.41) is 5.81. The van der Waals surface area contributed by atoms with Crippen molar-refractivity contribution in [2.75, 3.05) is 25.0 Å². The summed E-state index contributed by atoms with van der Waals surface area (Å²) >= 11 is 0. The number of alkyl halides is 2. The monoisotopic (exact) mass is 457 g/mol. The summed E-state index contributed by atoms with van der Waals surface area (Å²) in [6.07, 6.45) is 6.97. The smallest absolute Gasteiger partial charge is 0.341 e. The van der Waals surface area contributed by atoms with Gasteiger partial charge in [-0.15, -0.1) is 0 Å². The van der Waals surface area contributed by atoms with Crippen LogP contribution in [-0.4, -0.2) is 56.6 Å². The largest absolute Gasteiger partial charge is 0.353 e. The van der Waals surface area contributed by atoms with Gasteiger partial charge in [0, 0.05) is 30.7 Å². The summed E-state index contributed by atoms with van der Waals surface area (Å²) in [7, 11) is -4.65. The minimum absolute atomic E-state index is 0.137. The Bertz CT molecular complexity index is 863. The van der Waals surface area contributed by atoms with E-state index in [4.69, 9.17) is 0 Å². The highest BCUT2D eigenvalue weighted by Gasteiger charge is 2.27. The lowest BCUT2D eigenvalue weighted by Crippen LogP contribution is -2.48. The van der Waals surface area contributed by atoms with Gasteiger partial charge in [0.2, 0.25) is 21.7 Å². The number of hydrogen-bond acceptors (Lipinski definition) is 5. The van der Waals surface area contributed by atoms with Gasteiger partial charge in [0.05, 0.1) is 11.4 Å². The van der Waals surface area contributed by atoms with Crippen molar-refractivity contribution in [2.24, 2.45) is 5.92 Å². The molecule has 1 heterocycles. The molecule has 3 rings (SSSR count). The quantitative estimate of drug-likeness (QED) is 0.657. The van der Waals surface area contributed by atoms with Crippen molar-refractivity contribution < 1.29 is 26.8 Å². The molecule has 1 aromatic carbocycles. The van der Waals surface area contributed by atoms with Crippen LogP contribution in [0.2, 0.25) is 0 Å². The van der Waals surface area contributed by atoms with Crippen molar-refractivity contribution >= 4 is 27.3 Å². The van der Waals surface area contributed by atoms with Crippen LogP contribution in [-0.2, 0) is 19.4 Å². The number of piperidine rings is 1. The van der Waals surface area contributed by atoms with Gasteiger partial charge in [-0.25, -0.2) is 8.42 Å². The fourth-order valence-corrected chi connectivity index (χ4v) is 4.87. The predicted octanol–water partition coefficient (Wildman–Crippen LogP) is 2.78. The van der Waals surface area contributed by atoms with Gasteiger partial charge in [-0.3, -0.25) is 14.5 Å². The molecule has 0 unspecified atom stereocenters. The molecule has 10 heteroatoms. The van der Waals surface area contributed by atoms with E-state index in [1.807, 2.05) is 4.90 Å². The van der Waals surface area contributed by atoms with Gasteiger partial charge in [0.15, 0.2) is 0 Å². The second-order valence-electron chi connectivity index (χ2n) is 8.27. The molecule has 172 valence electrons. The van der Waals surface area contributed by atoms with Crippen molar-refractivity contribution in [3.8, 4) is 0 Å². The number of benzene rings is 1. The first-order valence-corrected chi connectivity index (χ1v) is 12.2. The zero-order chi connectivity index (χ0) is 22.4. The van der Waals surface area contributed by atoms with E-state index in [1.165, 1.54) is 18.6 Å². The molecule has 7 nitrogen and oxygen atoms in total. The first kappa shape index (κ1) is 23.6. The first-order valence-electron chi connectivity index (χ1n) is 10.7. The first-order chi connectivity index (χ1) is 14.8. The Hall–Kier alpha value is -2.07. The number of carbonyl (C=O) groups is 2. The maximum Gasteiger partial charge on any atom is 0.341 e. The molecular formula is C21H29F2N3O4S. The topological polar surface area (TPSA) is 95.6 Å². The summed E-state index contributed by atoms with van der Waals surface area (Å²) in [4.78, 5) is 26.2. The van der Waals surface area contributed by atoms with Gasteiger partial charge >= 0.3 is 5.76 Å². The van der Waals surface area contributed by atoms with Crippen molar-refractivity contribution in [2.45, 2.75) is 61.6 Å².